The van der Waals surface area contributed by atoms with Crippen molar-refractivity contribution in [3.8, 4) is 0 Å². The molecule has 1 fully saturated rings. The van der Waals surface area contributed by atoms with Crippen LogP contribution in [0.5, 0.6) is 0 Å². The van der Waals surface area contributed by atoms with E-state index in [1.54, 1.807) is 35.4 Å². The van der Waals surface area contributed by atoms with E-state index in [0.29, 0.717) is 18.0 Å². The number of aromatic nitrogens is 2. The summed E-state index contributed by atoms with van der Waals surface area (Å²) in [7, 11) is -1.80. The zero-order valence-electron chi connectivity index (χ0n) is 23.1. The van der Waals surface area contributed by atoms with Gasteiger partial charge in [0.05, 0.1) is 11.4 Å². The van der Waals surface area contributed by atoms with E-state index in [2.05, 4.69) is 9.71 Å². The molecule has 1 heterocycles. The number of carbonyl (C=O) groups is 1. The molecule has 1 amide bonds. The zero-order chi connectivity index (χ0) is 28.7. The number of benzene rings is 3. The number of nitrogens with zero attached hydrogens (tertiary/aromatic N) is 3. The van der Waals surface area contributed by atoms with Crippen molar-refractivity contribution < 1.29 is 13.2 Å². The Morgan fingerprint density at radius 3 is 2.61 bits per heavy atom. The van der Waals surface area contributed by atoms with Crippen LogP contribution < -0.4 is 9.62 Å². The van der Waals surface area contributed by atoms with Gasteiger partial charge in [-0.1, -0.05) is 53.6 Å². The van der Waals surface area contributed by atoms with Crippen molar-refractivity contribution in [2.75, 3.05) is 4.90 Å². The fourth-order valence-corrected chi connectivity index (χ4v) is 7.35. The molecule has 0 aliphatic heterocycles. The molecule has 1 saturated carbocycles. The largest absolute Gasteiger partial charge is 0.337 e. The van der Waals surface area contributed by atoms with E-state index >= 15 is 0 Å². The van der Waals surface area contributed by atoms with Gasteiger partial charge in [-0.2, -0.15) is 0 Å². The lowest BCUT2D eigenvalue weighted by Crippen LogP contribution is -2.34. The average molecular weight is 589 g/mol. The van der Waals surface area contributed by atoms with E-state index in [1.165, 1.54) is 0 Å². The second kappa shape index (κ2) is 11.1. The maximum absolute atomic E-state index is 14.1. The smallest absolute Gasteiger partial charge is 0.241 e. The van der Waals surface area contributed by atoms with Gasteiger partial charge in [-0.25, -0.2) is 18.1 Å². The van der Waals surface area contributed by atoms with Crippen molar-refractivity contribution >= 4 is 33.2 Å². The first-order chi connectivity index (χ1) is 19.7. The lowest BCUT2D eigenvalue weighted by Gasteiger charge is -2.29. The van der Waals surface area contributed by atoms with Gasteiger partial charge < -0.3 is 9.47 Å². The number of imidazole rings is 1. The number of rotatable bonds is 8. The second-order valence-electron chi connectivity index (χ2n) is 11.1. The summed E-state index contributed by atoms with van der Waals surface area (Å²) in [6, 6.07) is 20.2. The Morgan fingerprint density at radius 2 is 1.88 bits per heavy atom. The van der Waals surface area contributed by atoms with Crippen LogP contribution in [0, 0.1) is 12.8 Å². The molecular weight excluding hydrogens is 556 g/mol. The summed E-state index contributed by atoms with van der Waals surface area (Å²) in [5.41, 5.74) is 4.76. The third kappa shape index (κ3) is 5.69. The number of hydrogen-bond acceptors (Lipinski definition) is 4. The monoisotopic (exact) mass is 588 g/mol. The standard InChI is InChI=1S/C32H33ClN4O3S/c1-21-10-14-24(15-11-21)41(39,40)35-30-9-5-6-22-12-13-23(18-26(22)30)37(20-31-34-16-17-36(31)2)32(38)28-19-27(28)25-7-3-4-8-29(25)33/h3-4,7-8,10-18,27-28,30,35H,5-6,9,19-20H2,1-2H3/t27-,28-,30-/m0/s1. The van der Waals surface area contributed by atoms with E-state index in [4.69, 9.17) is 11.6 Å². The van der Waals surface area contributed by atoms with Crippen molar-refractivity contribution in [3.05, 3.63) is 112 Å². The summed E-state index contributed by atoms with van der Waals surface area (Å²) in [4.78, 5) is 20.6. The molecule has 3 aromatic carbocycles. The van der Waals surface area contributed by atoms with Crippen molar-refractivity contribution in [2.45, 2.75) is 56.0 Å². The third-order valence-corrected chi connectivity index (χ3v) is 10.1. The number of fused-ring (bicyclic) bond motifs is 1. The number of amides is 1. The number of nitrogens with one attached hydrogen (secondary N) is 1. The number of carbonyl (C=O) groups excluding carboxylic acids is 1. The maximum Gasteiger partial charge on any atom is 0.241 e. The molecule has 0 radical (unpaired) electrons. The van der Waals surface area contributed by atoms with Gasteiger partial charge in [0, 0.05) is 42.1 Å². The minimum atomic E-state index is -3.72. The van der Waals surface area contributed by atoms with Crippen molar-refractivity contribution in [1.82, 2.24) is 14.3 Å². The first-order valence-electron chi connectivity index (χ1n) is 13.9. The molecule has 2 aliphatic rings. The maximum atomic E-state index is 14.1. The molecule has 41 heavy (non-hydrogen) atoms. The quantitative estimate of drug-likeness (QED) is 0.271. The van der Waals surface area contributed by atoms with Crippen LogP contribution in [-0.4, -0.2) is 23.9 Å². The molecule has 6 rings (SSSR count). The summed E-state index contributed by atoms with van der Waals surface area (Å²) in [6.07, 6.45) is 6.76. The minimum absolute atomic E-state index is 0.0189. The van der Waals surface area contributed by atoms with Gasteiger partial charge in [0.25, 0.3) is 0 Å². The van der Waals surface area contributed by atoms with E-state index in [-0.39, 0.29) is 28.7 Å². The average Bonchev–Trinajstić information content (AvgIpc) is 3.65. The van der Waals surface area contributed by atoms with Crippen LogP contribution in [0.15, 0.2) is 84.0 Å². The highest BCUT2D eigenvalue weighted by Crippen LogP contribution is 2.51. The second-order valence-corrected chi connectivity index (χ2v) is 13.2. The van der Waals surface area contributed by atoms with Crippen LogP contribution in [0.2, 0.25) is 5.02 Å². The molecule has 0 unspecified atom stereocenters. The SMILES string of the molecule is Cc1ccc(S(=O)(=O)N[C@H]2CCCc3ccc(N(Cc4nccn4C)C(=O)[C@H]4C[C@H]4c4ccccc4Cl)cc32)cc1. The predicted molar refractivity (Wildman–Crippen MR) is 160 cm³/mol. The van der Waals surface area contributed by atoms with Crippen molar-refractivity contribution in [2.24, 2.45) is 13.0 Å². The molecule has 7 nitrogen and oxygen atoms in total. The number of halogens is 1. The Morgan fingerprint density at radius 1 is 1.10 bits per heavy atom. The predicted octanol–water partition coefficient (Wildman–Crippen LogP) is 6.07. The number of anilines is 1. The topological polar surface area (TPSA) is 84.3 Å². The molecule has 0 bridgehead atoms. The van der Waals surface area contributed by atoms with Gasteiger partial charge in [-0.15, -0.1) is 0 Å². The van der Waals surface area contributed by atoms with E-state index in [1.807, 2.05) is 67.2 Å². The molecule has 3 atom stereocenters. The first-order valence-corrected chi connectivity index (χ1v) is 15.8. The van der Waals surface area contributed by atoms with Crippen LogP contribution in [0.4, 0.5) is 5.69 Å². The fraction of sp³-hybridized carbons (Fsp3) is 0.312. The Hall–Kier alpha value is -3.46. The molecule has 0 saturated heterocycles. The van der Waals surface area contributed by atoms with Crippen molar-refractivity contribution in [3.63, 3.8) is 0 Å². The van der Waals surface area contributed by atoms with Crippen LogP contribution in [0.3, 0.4) is 0 Å². The van der Waals surface area contributed by atoms with Crippen molar-refractivity contribution in [1.29, 1.82) is 0 Å². The van der Waals surface area contributed by atoms with Gasteiger partial charge in [0.2, 0.25) is 15.9 Å². The van der Waals surface area contributed by atoms with Crippen LogP contribution in [0.1, 0.15) is 59.3 Å². The highest BCUT2D eigenvalue weighted by Gasteiger charge is 2.47. The summed E-state index contributed by atoms with van der Waals surface area (Å²) in [6.45, 7) is 2.24. The van der Waals surface area contributed by atoms with Gasteiger partial charge in [0.15, 0.2) is 0 Å². The molecule has 1 aromatic heterocycles. The first kappa shape index (κ1) is 27.7. The molecular formula is C32H33ClN4O3S. The molecule has 212 valence electrons. The number of sulfonamides is 1. The van der Waals surface area contributed by atoms with Crippen LogP contribution in [0.25, 0.3) is 0 Å². The van der Waals surface area contributed by atoms with Gasteiger partial charge in [-0.05, 0) is 85.5 Å². The van der Waals surface area contributed by atoms with Crippen LogP contribution in [-0.2, 0) is 34.8 Å². The van der Waals surface area contributed by atoms with E-state index in [9.17, 15) is 13.2 Å². The Balaban J connectivity index is 1.32. The van der Waals surface area contributed by atoms with Gasteiger partial charge in [0.1, 0.15) is 5.82 Å². The van der Waals surface area contributed by atoms with Gasteiger partial charge in [-0.3, -0.25) is 4.79 Å². The molecule has 4 aromatic rings. The van der Waals surface area contributed by atoms with Gasteiger partial charge >= 0.3 is 0 Å². The Labute approximate surface area is 246 Å². The summed E-state index contributed by atoms with van der Waals surface area (Å²) in [5, 5.41) is 0.681. The third-order valence-electron chi connectivity index (χ3n) is 8.28. The highest BCUT2D eigenvalue weighted by molar-refractivity contribution is 7.89. The Bertz CT molecular complexity index is 1700. The lowest BCUT2D eigenvalue weighted by atomic mass is 9.87. The molecule has 0 spiro atoms. The van der Waals surface area contributed by atoms with E-state index in [0.717, 1.165) is 53.0 Å². The normalized spacial score (nSPS) is 19.9. The molecule has 9 heteroatoms. The van der Waals surface area contributed by atoms with Crippen LogP contribution >= 0.6 is 11.6 Å². The fourth-order valence-electron chi connectivity index (χ4n) is 5.82. The number of hydrogen-bond donors (Lipinski definition) is 1. The molecule has 1 N–H and O–H groups in total. The highest BCUT2D eigenvalue weighted by atomic mass is 35.5. The number of aryl methyl sites for hydroxylation is 3. The minimum Gasteiger partial charge on any atom is -0.337 e. The summed E-state index contributed by atoms with van der Waals surface area (Å²) in [5.74, 6) is 0.682. The molecule has 2 aliphatic carbocycles. The van der Waals surface area contributed by atoms with E-state index < -0.39 is 10.0 Å². The summed E-state index contributed by atoms with van der Waals surface area (Å²) >= 11 is 6.47. The summed E-state index contributed by atoms with van der Waals surface area (Å²) < 4.78 is 31.4. The Kier molecular flexibility index (Phi) is 7.49. The zero-order valence-corrected chi connectivity index (χ0v) is 24.7. The lowest BCUT2D eigenvalue weighted by molar-refractivity contribution is -0.120.